The number of nitrogen functional groups attached to an aromatic ring is 1. The Labute approximate surface area is 158 Å². The molecule has 0 aliphatic carbocycles. The summed E-state index contributed by atoms with van der Waals surface area (Å²) in [6, 6.07) is 9.43. The average Bonchev–Trinajstić information content (AvgIpc) is 2.53. The maximum atomic E-state index is 10.6. The first-order valence-corrected chi connectivity index (χ1v) is 8.34. The molecule has 0 atom stereocenters. The Hall–Kier alpha value is -1.06. The first-order valence-electron chi connectivity index (χ1n) is 5.79. The van der Waals surface area contributed by atoms with Crippen LogP contribution >= 0.6 is 46.4 Å². The highest BCUT2D eigenvalue weighted by molar-refractivity contribution is 7.68. The maximum Gasteiger partial charge on any atom is 0.294 e. The molecular weight excluding hydrogens is 424 g/mol. The predicted molar refractivity (Wildman–Crippen MR) is 91.8 cm³/mol. The van der Waals surface area contributed by atoms with Gasteiger partial charge in [-0.05, 0) is 40.6 Å². The minimum atomic E-state index is -2.31. The van der Waals surface area contributed by atoms with E-state index in [-0.39, 0.29) is 10.7 Å². The molecule has 130 valence electrons. The van der Waals surface area contributed by atoms with E-state index in [1.165, 1.54) is 12.1 Å². The maximum absolute atomic E-state index is 10.6. The van der Waals surface area contributed by atoms with E-state index in [2.05, 4.69) is 18.6 Å². The lowest BCUT2D eigenvalue weighted by atomic mass is 10.3. The molecule has 0 heterocycles. The SMILES string of the molecule is Nc1cc(Cl)ccc1Cl.O=[S-](=[N+]=Nc1cc(Cl)ccc1Cl)OO[O-]. The molecule has 0 amide bonds. The summed E-state index contributed by atoms with van der Waals surface area (Å²) in [6.45, 7) is 0. The lowest BCUT2D eigenvalue weighted by Crippen LogP contribution is -2.04. The van der Waals surface area contributed by atoms with E-state index >= 15 is 0 Å². The zero-order valence-corrected chi connectivity index (χ0v) is 15.3. The van der Waals surface area contributed by atoms with Crippen LogP contribution in [-0.2, 0) is 24.5 Å². The number of benzene rings is 2. The van der Waals surface area contributed by atoms with Gasteiger partial charge in [0, 0.05) is 10.0 Å². The van der Waals surface area contributed by atoms with Crippen LogP contribution in [0.25, 0.3) is 0 Å². The monoisotopic (exact) mass is 430 g/mol. The zero-order valence-electron chi connectivity index (χ0n) is 11.5. The van der Waals surface area contributed by atoms with Gasteiger partial charge in [-0.2, -0.15) is 0 Å². The topological polar surface area (TPSA) is 111 Å². The number of anilines is 1. The molecule has 0 unspecified atom stereocenters. The van der Waals surface area contributed by atoms with Gasteiger partial charge in [-0.15, -0.1) is 0 Å². The van der Waals surface area contributed by atoms with Gasteiger partial charge in [-0.1, -0.05) is 46.4 Å². The van der Waals surface area contributed by atoms with Gasteiger partial charge in [0.15, 0.2) is 5.69 Å². The van der Waals surface area contributed by atoms with E-state index < -0.39 is 10.9 Å². The summed E-state index contributed by atoms with van der Waals surface area (Å²) in [5.41, 5.74) is 6.12. The third kappa shape index (κ3) is 7.67. The standard InChI is InChI=1S/C6H4Cl2N2O4S.C6H5Cl2N/c7-4-1-2-5(8)6(3-4)9-10-15(12)14-13-11;7-4-1-2-5(8)6(9)3-4/h1-3,11H;1-3H,9H2/p-1. The van der Waals surface area contributed by atoms with E-state index in [1.54, 1.807) is 24.3 Å². The first-order chi connectivity index (χ1) is 11.3. The smallest absolute Gasteiger partial charge is 0.294 e. The molecule has 0 bridgehead atoms. The second kappa shape index (κ2) is 10.7. The minimum absolute atomic E-state index is 0.201. The van der Waals surface area contributed by atoms with E-state index in [0.29, 0.717) is 20.8 Å². The van der Waals surface area contributed by atoms with Gasteiger partial charge < -0.3 is 20.2 Å². The van der Waals surface area contributed by atoms with Crippen LogP contribution in [0.5, 0.6) is 0 Å². The molecule has 2 aromatic carbocycles. The van der Waals surface area contributed by atoms with Crippen molar-refractivity contribution in [3.63, 3.8) is 0 Å². The molecule has 0 aromatic heterocycles. The Kier molecular flexibility index (Phi) is 9.38. The fourth-order valence-corrected chi connectivity index (χ4v) is 2.04. The number of hydrogen-bond donors (Lipinski definition) is 1. The van der Waals surface area contributed by atoms with Gasteiger partial charge in [0.25, 0.3) is 10.9 Å². The van der Waals surface area contributed by atoms with Crippen molar-refractivity contribution in [3.05, 3.63) is 56.5 Å². The van der Waals surface area contributed by atoms with Gasteiger partial charge >= 0.3 is 0 Å². The van der Waals surface area contributed by atoms with Crippen molar-refractivity contribution in [1.29, 1.82) is 0 Å². The summed E-state index contributed by atoms with van der Waals surface area (Å²) >= 11 is 22.5. The van der Waals surface area contributed by atoms with Crippen molar-refractivity contribution >= 4 is 68.7 Å². The Morgan fingerprint density at radius 2 is 1.62 bits per heavy atom. The largest absolute Gasteiger partial charge is 0.693 e. The van der Waals surface area contributed by atoms with Crippen molar-refractivity contribution in [2.75, 3.05) is 5.73 Å². The van der Waals surface area contributed by atoms with Crippen LogP contribution < -0.4 is 15.2 Å². The van der Waals surface area contributed by atoms with Crippen LogP contribution in [0.4, 0.5) is 11.4 Å². The summed E-state index contributed by atoms with van der Waals surface area (Å²) in [5.74, 6) is 0. The normalized spacial score (nSPS) is 9.92. The quantitative estimate of drug-likeness (QED) is 0.197. The number of nitrogens with two attached hydrogens (primary N) is 1. The molecular formula is C12H8Cl4N3O4S-. The van der Waals surface area contributed by atoms with Gasteiger partial charge in [0.2, 0.25) is 0 Å². The molecule has 0 spiro atoms. The highest BCUT2D eigenvalue weighted by atomic mass is 35.5. The Morgan fingerprint density at radius 3 is 2.17 bits per heavy atom. The number of hydrogen-bond acceptors (Lipinski definition) is 7. The van der Waals surface area contributed by atoms with Crippen LogP contribution in [-0.4, -0.2) is 0 Å². The lowest BCUT2D eigenvalue weighted by molar-refractivity contribution is -0.777. The van der Waals surface area contributed by atoms with Crippen molar-refractivity contribution in [2.24, 2.45) is 5.11 Å². The highest BCUT2D eigenvalue weighted by Crippen LogP contribution is 2.27. The molecule has 12 heteroatoms. The van der Waals surface area contributed by atoms with Crippen LogP contribution in [0.15, 0.2) is 41.5 Å². The fraction of sp³-hybridized carbons (Fsp3) is 0. The van der Waals surface area contributed by atoms with Gasteiger partial charge in [-0.25, -0.2) is 4.33 Å². The number of rotatable bonds is 3. The zero-order chi connectivity index (χ0) is 18.1. The van der Waals surface area contributed by atoms with Crippen LogP contribution in [0.1, 0.15) is 0 Å². The molecule has 0 saturated heterocycles. The van der Waals surface area contributed by atoms with Crippen LogP contribution in [0.3, 0.4) is 0 Å². The van der Waals surface area contributed by atoms with E-state index in [4.69, 9.17) is 52.1 Å². The molecule has 0 radical (unpaired) electrons. The fourth-order valence-electron chi connectivity index (χ4n) is 1.19. The van der Waals surface area contributed by atoms with Crippen molar-refractivity contribution in [3.8, 4) is 0 Å². The van der Waals surface area contributed by atoms with Crippen molar-refractivity contribution < 1.29 is 18.8 Å². The molecule has 2 N–H and O–H groups in total. The van der Waals surface area contributed by atoms with Gasteiger partial charge in [0.05, 0.1) is 15.7 Å². The Balaban J connectivity index is 0.000000272. The lowest BCUT2D eigenvalue weighted by Gasteiger charge is -1.98. The number of nitrogens with zero attached hydrogens (tertiary/aromatic N) is 2. The van der Waals surface area contributed by atoms with Crippen LogP contribution in [0.2, 0.25) is 20.1 Å². The molecule has 2 aromatic rings. The summed E-state index contributed by atoms with van der Waals surface area (Å²) in [6.07, 6.45) is 0. The van der Waals surface area contributed by atoms with Crippen molar-refractivity contribution in [2.45, 2.75) is 0 Å². The molecule has 24 heavy (non-hydrogen) atoms. The molecule has 7 nitrogen and oxygen atoms in total. The molecule has 0 aliphatic rings. The van der Waals surface area contributed by atoms with E-state index in [0.717, 1.165) is 0 Å². The summed E-state index contributed by atoms with van der Waals surface area (Å²) in [4.78, 5) is 0. The van der Waals surface area contributed by atoms with Gasteiger partial charge in [0.1, 0.15) is 5.11 Å². The molecule has 0 saturated carbocycles. The van der Waals surface area contributed by atoms with Crippen LogP contribution in [0, 0.1) is 0 Å². The van der Waals surface area contributed by atoms with E-state index in [9.17, 15) is 9.47 Å². The predicted octanol–water partition coefficient (Wildman–Crippen LogP) is 4.01. The van der Waals surface area contributed by atoms with E-state index in [1.807, 2.05) is 0 Å². The summed E-state index contributed by atoms with van der Waals surface area (Å²) in [7, 11) is -2.31. The molecule has 0 fully saturated rings. The molecule has 2 rings (SSSR count). The minimum Gasteiger partial charge on any atom is -0.693 e. The Bertz CT molecular complexity index is 824. The third-order valence-corrected chi connectivity index (χ3v) is 3.69. The first kappa shape index (κ1) is 21.0. The van der Waals surface area contributed by atoms with Crippen molar-refractivity contribution in [1.82, 2.24) is 4.16 Å². The number of halogens is 4. The average molecular weight is 432 g/mol. The molecule has 0 aliphatic heterocycles. The second-order valence-electron chi connectivity index (χ2n) is 3.80. The Morgan fingerprint density at radius 1 is 1.04 bits per heavy atom. The third-order valence-electron chi connectivity index (χ3n) is 2.17. The second-order valence-corrected chi connectivity index (χ2v) is 6.22. The highest BCUT2D eigenvalue weighted by Gasteiger charge is 2.02. The summed E-state index contributed by atoms with van der Waals surface area (Å²) < 4.78 is 17.3. The van der Waals surface area contributed by atoms with Gasteiger partial charge in [-0.3, -0.25) is 0 Å². The summed E-state index contributed by atoms with van der Waals surface area (Å²) in [5, 5.41) is 17.5.